The van der Waals surface area contributed by atoms with E-state index >= 15 is 0 Å². The predicted molar refractivity (Wildman–Crippen MR) is 60.3 cm³/mol. The summed E-state index contributed by atoms with van der Waals surface area (Å²) in [5.74, 6) is -0.622. The van der Waals surface area contributed by atoms with E-state index in [2.05, 4.69) is 15.9 Å². The third kappa shape index (κ3) is 2.38. The Hall–Kier alpha value is -1.43. The maximum absolute atomic E-state index is 10.7. The van der Waals surface area contributed by atoms with Crippen molar-refractivity contribution in [3.63, 3.8) is 0 Å². The molecule has 5 nitrogen and oxygen atoms in total. The molecule has 0 bridgehead atoms. The molecule has 0 saturated carbocycles. The fourth-order valence-electron chi connectivity index (χ4n) is 1.34. The first-order valence-corrected chi connectivity index (χ1v) is 5.14. The van der Waals surface area contributed by atoms with E-state index in [-0.39, 0.29) is 23.5 Å². The Labute approximate surface area is 101 Å². The minimum absolute atomic E-state index is 0.153. The average Bonchev–Trinajstić information content (AvgIpc) is 2.23. The zero-order valence-electron chi connectivity index (χ0n) is 8.78. The lowest BCUT2D eigenvalue weighted by Gasteiger charge is -2.14. The van der Waals surface area contributed by atoms with Gasteiger partial charge in [0, 0.05) is 6.07 Å². The Morgan fingerprint density at radius 2 is 2.06 bits per heavy atom. The number of aliphatic carboxylic acids is 1. The summed E-state index contributed by atoms with van der Waals surface area (Å²) in [6.45, 7) is 0. The summed E-state index contributed by atoms with van der Waals surface area (Å²) in [5, 5.41) is 18.5. The molecule has 0 atom stereocenters. The number of carboxylic acids is 1. The summed E-state index contributed by atoms with van der Waals surface area (Å²) in [4.78, 5) is 10.7. The normalized spacial score (nSPS) is 9.94. The van der Waals surface area contributed by atoms with Crippen molar-refractivity contribution in [3.8, 4) is 17.2 Å². The van der Waals surface area contributed by atoms with Crippen LogP contribution in [0.15, 0.2) is 10.5 Å². The number of hydrogen-bond acceptors (Lipinski definition) is 4. The number of halogens is 1. The number of methoxy groups -OCH3 is 2. The van der Waals surface area contributed by atoms with Crippen LogP contribution in [0.25, 0.3) is 0 Å². The van der Waals surface area contributed by atoms with Crippen LogP contribution in [0.2, 0.25) is 0 Å². The molecule has 1 rings (SSSR count). The molecule has 0 aromatic heterocycles. The largest absolute Gasteiger partial charge is 0.506 e. The number of aromatic hydroxyl groups is 1. The number of phenols is 1. The van der Waals surface area contributed by atoms with Crippen molar-refractivity contribution in [3.05, 3.63) is 16.1 Å². The molecule has 0 heterocycles. The van der Waals surface area contributed by atoms with Gasteiger partial charge >= 0.3 is 5.97 Å². The highest BCUT2D eigenvalue weighted by molar-refractivity contribution is 9.10. The molecular weight excluding hydrogens is 280 g/mol. The smallest absolute Gasteiger partial charge is 0.308 e. The summed E-state index contributed by atoms with van der Waals surface area (Å²) < 4.78 is 10.4. The van der Waals surface area contributed by atoms with Gasteiger partial charge in [0.2, 0.25) is 0 Å². The number of hydrogen-bond donors (Lipinski definition) is 2. The van der Waals surface area contributed by atoms with Gasteiger partial charge in [0.15, 0.2) is 11.5 Å². The lowest BCUT2D eigenvalue weighted by atomic mass is 10.1. The van der Waals surface area contributed by atoms with Crippen molar-refractivity contribution in [2.24, 2.45) is 0 Å². The first kappa shape index (κ1) is 12.6. The molecular formula is C10H11BrO5. The number of carbonyl (C=O) groups is 1. The highest BCUT2D eigenvalue weighted by Gasteiger charge is 2.20. The summed E-state index contributed by atoms with van der Waals surface area (Å²) in [7, 11) is 2.82. The summed E-state index contributed by atoms with van der Waals surface area (Å²) in [5.41, 5.74) is 0.182. The van der Waals surface area contributed by atoms with Crippen molar-refractivity contribution in [2.75, 3.05) is 14.2 Å². The Kier molecular flexibility index (Phi) is 4.00. The first-order chi connectivity index (χ1) is 7.51. The van der Waals surface area contributed by atoms with Gasteiger partial charge < -0.3 is 19.7 Å². The van der Waals surface area contributed by atoms with Gasteiger partial charge in [0.05, 0.1) is 30.7 Å². The van der Waals surface area contributed by atoms with Gasteiger partial charge in [-0.2, -0.15) is 0 Å². The molecule has 88 valence electrons. The van der Waals surface area contributed by atoms with Crippen LogP contribution < -0.4 is 9.47 Å². The van der Waals surface area contributed by atoms with Crippen molar-refractivity contribution in [2.45, 2.75) is 6.42 Å². The third-order valence-electron chi connectivity index (χ3n) is 2.02. The van der Waals surface area contributed by atoms with Crippen LogP contribution in [0.5, 0.6) is 17.2 Å². The van der Waals surface area contributed by atoms with E-state index in [0.717, 1.165) is 0 Å². The zero-order chi connectivity index (χ0) is 12.3. The van der Waals surface area contributed by atoms with Crippen LogP contribution in [0, 0.1) is 0 Å². The van der Waals surface area contributed by atoms with Crippen LogP contribution in [0.4, 0.5) is 0 Å². The molecule has 0 aliphatic heterocycles. The van der Waals surface area contributed by atoms with Gasteiger partial charge in [0.1, 0.15) is 5.75 Å². The monoisotopic (exact) mass is 290 g/mol. The quantitative estimate of drug-likeness (QED) is 0.884. The second-order valence-corrected chi connectivity index (χ2v) is 3.85. The molecule has 0 unspecified atom stereocenters. The minimum Gasteiger partial charge on any atom is -0.506 e. The van der Waals surface area contributed by atoms with Crippen LogP contribution in [-0.4, -0.2) is 30.4 Å². The SMILES string of the molecule is COc1cc(Br)c(O)c(CC(=O)O)c1OC. The molecule has 0 saturated heterocycles. The van der Waals surface area contributed by atoms with E-state index in [0.29, 0.717) is 10.2 Å². The zero-order valence-corrected chi connectivity index (χ0v) is 10.4. The van der Waals surface area contributed by atoms with E-state index in [1.807, 2.05) is 0 Å². The number of benzene rings is 1. The molecule has 0 aliphatic carbocycles. The van der Waals surface area contributed by atoms with Gasteiger partial charge in [-0.25, -0.2) is 0 Å². The van der Waals surface area contributed by atoms with Crippen molar-refractivity contribution < 1.29 is 24.5 Å². The van der Waals surface area contributed by atoms with Gasteiger partial charge in [0.25, 0.3) is 0 Å². The molecule has 1 aromatic carbocycles. The van der Waals surface area contributed by atoms with E-state index in [1.54, 1.807) is 0 Å². The van der Waals surface area contributed by atoms with Gasteiger partial charge in [-0.1, -0.05) is 0 Å². The average molecular weight is 291 g/mol. The minimum atomic E-state index is -1.06. The highest BCUT2D eigenvalue weighted by Crippen LogP contribution is 2.42. The fraction of sp³-hybridized carbons (Fsp3) is 0.300. The highest BCUT2D eigenvalue weighted by atomic mass is 79.9. The van der Waals surface area contributed by atoms with E-state index in [1.165, 1.54) is 20.3 Å². The number of phenolic OH excluding ortho intramolecular Hbond substituents is 1. The number of rotatable bonds is 4. The fourth-order valence-corrected chi connectivity index (χ4v) is 1.79. The van der Waals surface area contributed by atoms with Crippen molar-refractivity contribution >= 4 is 21.9 Å². The molecule has 6 heteroatoms. The molecule has 0 fully saturated rings. The predicted octanol–water partition coefficient (Wildman–Crippen LogP) is 1.80. The lowest BCUT2D eigenvalue weighted by molar-refractivity contribution is -0.136. The van der Waals surface area contributed by atoms with E-state index in [4.69, 9.17) is 14.6 Å². The summed E-state index contributed by atoms with van der Waals surface area (Å²) in [6, 6.07) is 1.51. The Balaban J connectivity index is 3.40. The maximum atomic E-state index is 10.7. The standard InChI is InChI=1S/C10H11BrO5/c1-15-7-4-6(11)9(14)5(3-8(12)13)10(7)16-2/h4,14H,3H2,1-2H3,(H,12,13). The van der Waals surface area contributed by atoms with Crippen LogP contribution in [0.1, 0.15) is 5.56 Å². The molecule has 16 heavy (non-hydrogen) atoms. The second kappa shape index (κ2) is 5.07. The van der Waals surface area contributed by atoms with Gasteiger partial charge in [-0.3, -0.25) is 4.79 Å². The summed E-state index contributed by atoms with van der Waals surface area (Å²) >= 11 is 3.11. The van der Waals surface area contributed by atoms with Crippen LogP contribution in [-0.2, 0) is 11.2 Å². The molecule has 0 spiro atoms. The van der Waals surface area contributed by atoms with Crippen LogP contribution >= 0.6 is 15.9 Å². The topological polar surface area (TPSA) is 76.0 Å². The second-order valence-electron chi connectivity index (χ2n) is 2.99. The van der Waals surface area contributed by atoms with E-state index in [9.17, 15) is 9.90 Å². The molecule has 0 amide bonds. The van der Waals surface area contributed by atoms with Crippen molar-refractivity contribution in [1.29, 1.82) is 0 Å². The molecule has 0 radical (unpaired) electrons. The lowest BCUT2D eigenvalue weighted by Crippen LogP contribution is -2.04. The number of carboxylic acid groups (broad SMARTS) is 1. The molecule has 2 N–H and O–H groups in total. The third-order valence-corrected chi connectivity index (χ3v) is 2.62. The Bertz CT molecular complexity index is 416. The maximum Gasteiger partial charge on any atom is 0.308 e. The van der Waals surface area contributed by atoms with Crippen LogP contribution in [0.3, 0.4) is 0 Å². The van der Waals surface area contributed by atoms with Crippen molar-refractivity contribution in [1.82, 2.24) is 0 Å². The molecule has 0 aliphatic rings. The number of ether oxygens (including phenoxy) is 2. The Morgan fingerprint density at radius 3 is 2.50 bits per heavy atom. The van der Waals surface area contributed by atoms with E-state index < -0.39 is 5.97 Å². The summed E-state index contributed by atoms with van der Waals surface area (Å²) in [6.07, 6.45) is -0.342. The van der Waals surface area contributed by atoms with Gasteiger partial charge in [-0.05, 0) is 15.9 Å². The Morgan fingerprint density at radius 1 is 1.44 bits per heavy atom. The molecule has 1 aromatic rings. The van der Waals surface area contributed by atoms with Gasteiger partial charge in [-0.15, -0.1) is 0 Å². The first-order valence-electron chi connectivity index (χ1n) is 4.35.